The first-order valence-electron chi connectivity index (χ1n) is 7.81. The molecule has 3 heteroatoms. The number of hydrogen-bond acceptors (Lipinski definition) is 1. The average molecular weight is 291 g/mol. The van der Waals surface area contributed by atoms with Crippen molar-refractivity contribution in [1.82, 2.24) is 9.55 Å². The van der Waals surface area contributed by atoms with E-state index in [1.807, 2.05) is 6.07 Å². The Balaban J connectivity index is 2.08. The highest BCUT2D eigenvalue weighted by Crippen LogP contribution is 2.34. The van der Waals surface area contributed by atoms with Gasteiger partial charge >= 0.3 is 0 Å². The number of benzene rings is 1. The number of aromatic nitrogens is 2. The predicted molar refractivity (Wildman–Crippen MR) is 85.4 cm³/mol. The fourth-order valence-electron chi connectivity index (χ4n) is 3.34. The molecule has 0 radical (unpaired) electrons. The van der Waals surface area contributed by atoms with E-state index in [0.717, 1.165) is 17.1 Å². The first kappa shape index (κ1) is 13.9. The molecule has 0 N–H and O–H groups in total. The summed E-state index contributed by atoms with van der Waals surface area (Å²) in [6.45, 7) is 5.56. The van der Waals surface area contributed by atoms with Crippen LogP contribution < -0.4 is 0 Å². The van der Waals surface area contributed by atoms with Crippen molar-refractivity contribution in [2.24, 2.45) is 5.92 Å². The summed E-state index contributed by atoms with van der Waals surface area (Å²) in [6.07, 6.45) is 6.64. The molecule has 0 atom stereocenters. The van der Waals surface area contributed by atoms with Gasteiger partial charge in [0.2, 0.25) is 0 Å². The summed E-state index contributed by atoms with van der Waals surface area (Å²) < 4.78 is 2.42. The molecule has 2 nitrogen and oxygen atoms in total. The molecule has 108 valence electrons. The molecule has 1 aliphatic carbocycles. The number of rotatable bonds is 3. The van der Waals surface area contributed by atoms with Gasteiger partial charge in [0.05, 0.1) is 11.0 Å². The Morgan fingerprint density at radius 1 is 1.25 bits per heavy atom. The van der Waals surface area contributed by atoms with Crippen LogP contribution in [0.25, 0.3) is 11.0 Å². The van der Waals surface area contributed by atoms with Gasteiger partial charge in [-0.3, -0.25) is 0 Å². The van der Waals surface area contributed by atoms with Crippen LogP contribution in [0.3, 0.4) is 0 Å². The van der Waals surface area contributed by atoms with Crippen molar-refractivity contribution in [1.29, 1.82) is 0 Å². The van der Waals surface area contributed by atoms with Gasteiger partial charge in [-0.25, -0.2) is 4.98 Å². The summed E-state index contributed by atoms with van der Waals surface area (Å²) in [6, 6.07) is 6.07. The highest BCUT2D eigenvalue weighted by molar-refractivity contribution is 6.31. The van der Waals surface area contributed by atoms with Crippen LogP contribution in [0.15, 0.2) is 18.2 Å². The quantitative estimate of drug-likeness (QED) is 0.740. The van der Waals surface area contributed by atoms with Crippen LogP contribution in [-0.4, -0.2) is 9.55 Å². The maximum absolute atomic E-state index is 6.18. The third-order valence-electron chi connectivity index (χ3n) is 4.26. The van der Waals surface area contributed by atoms with E-state index in [9.17, 15) is 0 Å². The van der Waals surface area contributed by atoms with Crippen LogP contribution in [0.5, 0.6) is 0 Å². The number of halogens is 1. The lowest BCUT2D eigenvalue weighted by atomic mass is 9.88. The number of hydrogen-bond donors (Lipinski definition) is 0. The van der Waals surface area contributed by atoms with Crippen molar-refractivity contribution in [3.63, 3.8) is 0 Å². The lowest BCUT2D eigenvalue weighted by Gasteiger charge is -2.23. The molecular weight excluding hydrogens is 268 g/mol. The van der Waals surface area contributed by atoms with E-state index in [1.54, 1.807) is 0 Å². The Morgan fingerprint density at radius 2 is 2.00 bits per heavy atom. The zero-order valence-corrected chi connectivity index (χ0v) is 13.2. The lowest BCUT2D eigenvalue weighted by Crippen LogP contribution is -2.14. The largest absolute Gasteiger partial charge is 0.327 e. The molecule has 20 heavy (non-hydrogen) atoms. The van der Waals surface area contributed by atoms with Crippen molar-refractivity contribution in [3.05, 3.63) is 29.0 Å². The number of fused-ring (bicyclic) bond motifs is 1. The predicted octanol–water partition coefficient (Wildman–Crippen LogP) is 5.39. The van der Waals surface area contributed by atoms with E-state index >= 15 is 0 Å². The van der Waals surface area contributed by atoms with Gasteiger partial charge < -0.3 is 4.57 Å². The summed E-state index contributed by atoms with van der Waals surface area (Å²) in [4.78, 5) is 4.93. The van der Waals surface area contributed by atoms with Crippen LogP contribution in [0.4, 0.5) is 0 Å². The van der Waals surface area contributed by atoms with Crippen LogP contribution in [0.1, 0.15) is 57.7 Å². The Labute approximate surface area is 126 Å². The molecule has 1 aromatic carbocycles. The monoisotopic (exact) mass is 290 g/mol. The summed E-state index contributed by atoms with van der Waals surface area (Å²) in [7, 11) is 0. The Bertz CT molecular complexity index is 594. The molecule has 0 aliphatic heterocycles. The Kier molecular flexibility index (Phi) is 4.02. The minimum Gasteiger partial charge on any atom is -0.327 e. The molecule has 0 bridgehead atoms. The summed E-state index contributed by atoms with van der Waals surface area (Å²) in [5.41, 5.74) is 2.29. The van der Waals surface area contributed by atoms with Crippen LogP contribution in [-0.2, 0) is 6.54 Å². The Hall–Kier alpha value is -1.02. The van der Waals surface area contributed by atoms with E-state index in [1.165, 1.54) is 43.4 Å². The van der Waals surface area contributed by atoms with Crippen molar-refractivity contribution in [2.75, 3.05) is 0 Å². The van der Waals surface area contributed by atoms with E-state index in [2.05, 4.69) is 30.5 Å². The average Bonchev–Trinajstić information content (AvgIpc) is 2.77. The number of nitrogens with zero attached hydrogens (tertiary/aromatic N) is 2. The van der Waals surface area contributed by atoms with Crippen molar-refractivity contribution in [3.8, 4) is 0 Å². The van der Waals surface area contributed by atoms with Gasteiger partial charge in [0.15, 0.2) is 0 Å². The van der Waals surface area contributed by atoms with Gasteiger partial charge in [0.25, 0.3) is 0 Å². The molecule has 1 heterocycles. The van der Waals surface area contributed by atoms with E-state index in [-0.39, 0.29) is 0 Å². The van der Waals surface area contributed by atoms with Gasteiger partial charge in [-0.2, -0.15) is 0 Å². The third-order valence-corrected chi connectivity index (χ3v) is 4.49. The SMILES string of the molecule is CC(C)Cn1c(C2CCCCC2)nc2ccc(Cl)cc21. The lowest BCUT2D eigenvalue weighted by molar-refractivity contribution is 0.406. The smallest absolute Gasteiger partial charge is 0.112 e. The van der Waals surface area contributed by atoms with Gasteiger partial charge in [0, 0.05) is 17.5 Å². The maximum Gasteiger partial charge on any atom is 0.112 e. The second kappa shape index (κ2) is 5.77. The van der Waals surface area contributed by atoms with E-state index < -0.39 is 0 Å². The van der Waals surface area contributed by atoms with Crippen molar-refractivity contribution < 1.29 is 0 Å². The molecule has 1 aliphatic rings. The summed E-state index contributed by atoms with van der Waals surface area (Å²) in [5.74, 6) is 2.54. The molecule has 1 saturated carbocycles. The van der Waals surface area contributed by atoms with Crippen LogP contribution in [0.2, 0.25) is 5.02 Å². The highest BCUT2D eigenvalue weighted by atomic mass is 35.5. The number of imidazole rings is 1. The summed E-state index contributed by atoms with van der Waals surface area (Å²) >= 11 is 6.18. The second-order valence-corrected chi connectivity index (χ2v) is 6.88. The zero-order valence-electron chi connectivity index (χ0n) is 12.4. The van der Waals surface area contributed by atoms with Crippen molar-refractivity contribution >= 4 is 22.6 Å². The van der Waals surface area contributed by atoms with E-state index in [0.29, 0.717) is 11.8 Å². The fourth-order valence-corrected chi connectivity index (χ4v) is 3.51. The molecule has 0 spiro atoms. The molecule has 1 aromatic heterocycles. The first-order chi connectivity index (χ1) is 9.65. The van der Waals surface area contributed by atoms with Gasteiger partial charge in [0.1, 0.15) is 5.82 Å². The minimum atomic E-state index is 0.619. The van der Waals surface area contributed by atoms with E-state index in [4.69, 9.17) is 16.6 Å². The molecule has 3 rings (SSSR count). The Morgan fingerprint density at radius 3 is 2.70 bits per heavy atom. The maximum atomic E-state index is 6.18. The second-order valence-electron chi connectivity index (χ2n) is 6.44. The fraction of sp³-hybridized carbons (Fsp3) is 0.588. The van der Waals surface area contributed by atoms with Crippen molar-refractivity contribution in [2.45, 2.75) is 58.4 Å². The topological polar surface area (TPSA) is 17.8 Å². The molecule has 0 saturated heterocycles. The van der Waals surface area contributed by atoms with Crippen LogP contribution in [0, 0.1) is 5.92 Å². The minimum absolute atomic E-state index is 0.619. The van der Waals surface area contributed by atoms with Gasteiger partial charge in [-0.05, 0) is 37.0 Å². The normalized spacial score (nSPS) is 17.2. The molecule has 2 aromatic rings. The molecule has 0 unspecified atom stereocenters. The van der Waals surface area contributed by atoms with Crippen LogP contribution >= 0.6 is 11.6 Å². The molecular formula is C17H23ClN2. The highest BCUT2D eigenvalue weighted by Gasteiger charge is 2.22. The summed E-state index contributed by atoms with van der Waals surface area (Å²) in [5, 5.41) is 0.803. The van der Waals surface area contributed by atoms with Gasteiger partial charge in [-0.15, -0.1) is 0 Å². The zero-order chi connectivity index (χ0) is 14.1. The molecule has 0 amide bonds. The standard InChI is InChI=1S/C17H23ClN2/c1-12(2)11-20-16-10-14(18)8-9-15(16)19-17(20)13-6-4-3-5-7-13/h8-10,12-13H,3-7,11H2,1-2H3. The third kappa shape index (κ3) is 2.71. The first-order valence-corrected chi connectivity index (χ1v) is 8.18. The molecule has 1 fully saturated rings. The van der Waals surface area contributed by atoms with Gasteiger partial charge in [-0.1, -0.05) is 44.7 Å².